The highest BCUT2D eigenvalue weighted by Crippen LogP contribution is 2.38. The van der Waals surface area contributed by atoms with Crippen LogP contribution in [0, 0.1) is 5.92 Å². The van der Waals surface area contributed by atoms with Crippen LogP contribution >= 0.6 is 12.2 Å². The molecule has 0 amide bonds. The topological polar surface area (TPSA) is 46.5 Å². The van der Waals surface area contributed by atoms with Crippen molar-refractivity contribution in [3.63, 3.8) is 0 Å². The van der Waals surface area contributed by atoms with E-state index in [0.29, 0.717) is 12.8 Å². The zero-order valence-electron chi connectivity index (χ0n) is 11.1. The molecule has 1 atom stereocenters. The standard InChI is InChI=1S/C13H22O3S/c1-9(2)10(17)8-13(11(14)15)7-5-6-12(3,4)16-13/h9H,5-8H2,1-4H3,(H,14,15). The Labute approximate surface area is 109 Å². The third kappa shape index (κ3) is 3.49. The molecule has 0 aromatic carbocycles. The number of carbonyl (C=O) groups is 1. The minimum atomic E-state index is -1.11. The Bertz CT molecular complexity index is 323. The number of hydrogen-bond donors (Lipinski definition) is 1. The highest BCUT2D eigenvalue weighted by molar-refractivity contribution is 7.80. The number of carboxylic acids is 1. The maximum Gasteiger partial charge on any atom is 0.336 e. The quantitative estimate of drug-likeness (QED) is 0.787. The molecule has 1 saturated heterocycles. The Balaban J connectivity index is 2.90. The molecule has 1 N–H and O–H groups in total. The highest BCUT2D eigenvalue weighted by Gasteiger charge is 2.47. The highest BCUT2D eigenvalue weighted by atomic mass is 32.1. The fourth-order valence-corrected chi connectivity index (χ4v) is 2.50. The largest absolute Gasteiger partial charge is 0.479 e. The summed E-state index contributed by atoms with van der Waals surface area (Å²) >= 11 is 5.28. The summed E-state index contributed by atoms with van der Waals surface area (Å²) in [6.45, 7) is 7.88. The molecule has 17 heavy (non-hydrogen) atoms. The molecular weight excluding hydrogens is 236 g/mol. The lowest BCUT2D eigenvalue weighted by Gasteiger charge is -2.43. The normalized spacial score (nSPS) is 28.1. The van der Waals surface area contributed by atoms with Gasteiger partial charge in [-0.05, 0) is 43.9 Å². The molecule has 0 bridgehead atoms. The Kier molecular flexibility index (Phi) is 4.31. The molecule has 0 aliphatic carbocycles. The van der Waals surface area contributed by atoms with Crippen molar-refractivity contribution in [2.45, 2.75) is 64.6 Å². The van der Waals surface area contributed by atoms with Crippen LogP contribution in [0.25, 0.3) is 0 Å². The fraction of sp³-hybridized carbons (Fsp3) is 0.846. The van der Waals surface area contributed by atoms with E-state index < -0.39 is 11.6 Å². The van der Waals surface area contributed by atoms with Crippen molar-refractivity contribution >= 4 is 23.1 Å². The van der Waals surface area contributed by atoms with Crippen molar-refractivity contribution in [1.82, 2.24) is 0 Å². The first-order valence-corrected chi connectivity index (χ1v) is 6.56. The summed E-state index contributed by atoms with van der Waals surface area (Å²) < 4.78 is 5.86. The Hall–Kier alpha value is -0.480. The summed E-state index contributed by atoms with van der Waals surface area (Å²) in [4.78, 5) is 12.3. The first-order valence-electron chi connectivity index (χ1n) is 6.15. The number of carboxylic acid groups (broad SMARTS) is 1. The van der Waals surface area contributed by atoms with Gasteiger partial charge in [-0.1, -0.05) is 26.1 Å². The Morgan fingerprint density at radius 1 is 1.41 bits per heavy atom. The lowest BCUT2D eigenvalue weighted by atomic mass is 9.82. The lowest BCUT2D eigenvalue weighted by molar-refractivity contribution is -0.200. The molecule has 0 spiro atoms. The average Bonchev–Trinajstić information content (AvgIpc) is 2.15. The first-order chi connectivity index (χ1) is 7.68. The molecule has 1 aliphatic rings. The van der Waals surface area contributed by atoms with Crippen molar-refractivity contribution in [1.29, 1.82) is 0 Å². The van der Waals surface area contributed by atoms with E-state index in [1.165, 1.54) is 0 Å². The second-order valence-electron chi connectivity index (χ2n) is 5.81. The van der Waals surface area contributed by atoms with E-state index in [9.17, 15) is 9.90 Å². The molecule has 1 heterocycles. The summed E-state index contributed by atoms with van der Waals surface area (Å²) in [6.07, 6.45) is 2.67. The van der Waals surface area contributed by atoms with E-state index in [0.717, 1.165) is 17.7 Å². The third-order valence-corrected chi connectivity index (χ3v) is 3.94. The maximum atomic E-state index is 11.5. The van der Waals surface area contributed by atoms with Crippen molar-refractivity contribution in [3.8, 4) is 0 Å². The number of ether oxygens (including phenoxy) is 1. The number of rotatable bonds is 4. The predicted octanol–water partition coefficient (Wildman–Crippen LogP) is 3.20. The van der Waals surface area contributed by atoms with Gasteiger partial charge >= 0.3 is 5.97 Å². The van der Waals surface area contributed by atoms with E-state index >= 15 is 0 Å². The van der Waals surface area contributed by atoms with Crippen LogP contribution in [0.4, 0.5) is 0 Å². The zero-order valence-corrected chi connectivity index (χ0v) is 11.9. The van der Waals surface area contributed by atoms with E-state index in [1.54, 1.807) is 0 Å². The van der Waals surface area contributed by atoms with Gasteiger partial charge in [0.1, 0.15) is 0 Å². The molecule has 0 aromatic heterocycles. The van der Waals surface area contributed by atoms with Gasteiger partial charge in [0.2, 0.25) is 0 Å². The lowest BCUT2D eigenvalue weighted by Crippen LogP contribution is -2.52. The van der Waals surface area contributed by atoms with Gasteiger partial charge in [-0.15, -0.1) is 0 Å². The average molecular weight is 258 g/mol. The van der Waals surface area contributed by atoms with Gasteiger partial charge in [-0.3, -0.25) is 0 Å². The molecule has 1 rings (SSSR count). The minimum absolute atomic E-state index is 0.217. The second kappa shape index (κ2) is 5.02. The van der Waals surface area contributed by atoms with Crippen LogP contribution in [-0.2, 0) is 9.53 Å². The first kappa shape index (κ1) is 14.6. The van der Waals surface area contributed by atoms with Crippen LogP contribution in [0.5, 0.6) is 0 Å². The van der Waals surface area contributed by atoms with Crippen LogP contribution in [0.3, 0.4) is 0 Å². The van der Waals surface area contributed by atoms with E-state index in [4.69, 9.17) is 17.0 Å². The van der Waals surface area contributed by atoms with Gasteiger partial charge in [-0.2, -0.15) is 0 Å². The zero-order chi connectivity index (χ0) is 13.3. The third-order valence-electron chi connectivity index (χ3n) is 3.32. The van der Waals surface area contributed by atoms with Gasteiger partial charge in [-0.25, -0.2) is 4.79 Å². The molecule has 98 valence electrons. The van der Waals surface area contributed by atoms with E-state index in [1.807, 2.05) is 27.7 Å². The van der Waals surface area contributed by atoms with Crippen LogP contribution in [0.1, 0.15) is 53.4 Å². The van der Waals surface area contributed by atoms with Gasteiger partial charge in [0, 0.05) is 6.42 Å². The molecule has 0 saturated carbocycles. The van der Waals surface area contributed by atoms with Crippen LogP contribution in [0.15, 0.2) is 0 Å². The maximum absolute atomic E-state index is 11.5. The monoisotopic (exact) mass is 258 g/mol. The molecule has 1 aliphatic heterocycles. The van der Waals surface area contributed by atoms with Crippen LogP contribution in [0.2, 0.25) is 0 Å². The van der Waals surface area contributed by atoms with Crippen molar-refractivity contribution < 1.29 is 14.6 Å². The van der Waals surface area contributed by atoms with Gasteiger partial charge in [0.25, 0.3) is 0 Å². The van der Waals surface area contributed by atoms with Crippen molar-refractivity contribution in [3.05, 3.63) is 0 Å². The van der Waals surface area contributed by atoms with Gasteiger partial charge in [0.15, 0.2) is 5.60 Å². The fourth-order valence-electron chi connectivity index (χ4n) is 2.27. The summed E-state index contributed by atoms with van der Waals surface area (Å²) in [5, 5.41) is 9.47. The summed E-state index contributed by atoms with van der Waals surface area (Å²) in [7, 11) is 0. The van der Waals surface area contributed by atoms with Gasteiger partial charge < -0.3 is 9.84 Å². The molecule has 1 fully saturated rings. The van der Waals surface area contributed by atoms with Gasteiger partial charge in [0.05, 0.1) is 5.60 Å². The van der Waals surface area contributed by atoms with Crippen molar-refractivity contribution in [2.75, 3.05) is 0 Å². The number of hydrogen-bond acceptors (Lipinski definition) is 3. The molecule has 1 unspecified atom stereocenters. The minimum Gasteiger partial charge on any atom is -0.479 e. The number of aliphatic carboxylic acids is 1. The van der Waals surface area contributed by atoms with E-state index in [-0.39, 0.29) is 11.5 Å². The summed E-state index contributed by atoms with van der Waals surface area (Å²) in [6, 6.07) is 0. The Morgan fingerprint density at radius 2 is 2.00 bits per heavy atom. The summed E-state index contributed by atoms with van der Waals surface area (Å²) in [5.41, 5.74) is -1.48. The molecule has 4 heteroatoms. The van der Waals surface area contributed by atoms with Crippen molar-refractivity contribution in [2.24, 2.45) is 5.92 Å². The summed E-state index contributed by atoms with van der Waals surface area (Å²) in [5.74, 6) is -0.664. The SMILES string of the molecule is CC(C)C(=S)CC1(C(=O)O)CCCC(C)(C)O1. The van der Waals surface area contributed by atoms with Crippen LogP contribution < -0.4 is 0 Å². The van der Waals surface area contributed by atoms with E-state index in [2.05, 4.69) is 0 Å². The van der Waals surface area contributed by atoms with Crippen LogP contribution in [-0.4, -0.2) is 27.1 Å². The smallest absolute Gasteiger partial charge is 0.336 e. The predicted molar refractivity (Wildman–Crippen MR) is 71.4 cm³/mol. The molecule has 0 radical (unpaired) electrons. The Morgan fingerprint density at radius 3 is 2.41 bits per heavy atom. The second-order valence-corrected chi connectivity index (χ2v) is 6.34. The molecular formula is C13H22O3S. The molecule has 3 nitrogen and oxygen atoms in total. The molecule has 0 aromatic rings. The number of thiocarbonyl (C=S) groups is 1.